The van der Waals surface area contributed by atoms with Crippen LogP contribution < -0.4 is 9.47 Å². The van der Waals surface area contributed by atoms with E-state index in [1.165, 1.54) is 24.3 Å². The number of nitrogens with zero attached hydrogens (tertiary/aromatic N) is 2. The molecule has 0 aliphatic rings. The lowest BCUT2D eigenvalue weighted by atomic mass is 10.1. The lowest BCUT2D eigenvalue weighted by molar-refractivity contribution is -0.274. The molecule has 1 heterocycles. The van der Waals surface area contributed by atoms with Crippen LogP contribution in [0.25, 0.3) is 22.4 Å². The van der Waals surface area contributed by atoms with E-state index in [1.54, 1.807) is 24.3 Å². The number of halogens is 3. The van der Waals surface area contributed by atoms with Crippen molar-refractivity contribution in [3.05, 3.63) is 108 Å². The minimum Gasteiger partial charge on any atom is -0.493 e. The zero-order valence-electron chi connectivity index (χ0n) is 25.4. The van der Waals surface area contributed by atoms with Crippen LogP contribution in [0.3, 0.4) is 0 Å². The minimum absolute atomic E-state index is 0.0666. The van der Waals surface area contributed by atoms with E-state index in [1.807, 2.05) is 60.0 Å². The van der Waals surface area contributed by atoms with Crippen LogP contribution in [0.5, 0.6) is 11.5 Å². The maximum absolute atomic E-state index is 12.6. The molecule has 0 saturated heterocycles. The second kappa shape index (κ2) is 15.6. The van der Waals surface area contributed by atoms with E-state index in [0.29, 0.717) is 36.7 Å². The molecule has 0 saturated carbocycles. The first-order valence-electron chi connectivity index (χ1n) is 14.6. The number of aliphatic carboxylic acids is 1. The number of unbranched alkanes of at least 4 members (excludes halogenated alkanes) is 2. The fourth-order valence-electron chi connectivity index (χ4n) is 4.65. The fourth-order valence-corrected chi connectivity index (χ4v) is 5.13. The highest BCUT2D eigenvalue weighted by Crippen LogP contribution is 2.30. The standard InChI is InChI=1S/C27H25F3N2O4.C7H8O3S/c28-27(29,30)36-21-15-13-19(14-16-21)26-31-22-9-4-5-10-23(22)32(26)18-20-8-3-6-11-24(20)35-17-7-1-2-12-25(33)34;1-6-2-4-7(5-3-6)11(8,9)10/h3-6,8-11,13-16H,1-2,7,12,17-18H2,(H,33,34);2-5H,1H3,(H,8,9,10). The van der Waals surface area contributed by atoms with Crippen LogP contribution in [0.15, 0.2) is 102 Å². The first-order valence-corrected chi connectivity index (χ1v) is 16.0. The van der Waals surface area contributed by atoms with Crippen LogP contribution in [0.2, 0.25) is 0 Å². The van der Waals surface area contributed by atoms with E-state index in [0.717, 1.165) is 35.0 Å². The molecule has 0 amide bonds. The highest BCUT2D eigenvalue weighted by Gasteiger charge is 2.31. The summed E-state index contributed by atoms with van der Waals surface area (Å²) in [7, 11) is -4.02. The van der Waals surface area contributed by atoms with E-state index in [9.17, 15) is 26.4 Å². The molecule has 0 aliphatic heterocycles. The number of hydrogen-bond acceptors (Lipinski definition) is 6. The highest BCUT2D eigenvalue weighted by atomic mass is 32.2. The molecule has 47 heavy (non-hydrogen) atoms. The van der Waals surface area contributed by atoms with Gasteiger partial charge in [0.15, 0.2) is 0 Å². The van der Waals surface area contributed by atoms with Gasteiger partial charge < -0.3 is 19.1 Å². The number of para-hydroxylation sites is 3. The van der Waals surface area contributed by atoms with Crippen molar-refractivity contribution < 1.29 is 45.5 Å². The van der Waals surface area contributed by atoms with Gasteiger partial charge in [-0.2, -0.15) is 8.42 Å². The average molecular weight is 671 g/mol. The minimum atomic E-state index is -4.76. The van der Waals surface area contributed by atoms with Gasteiger partial charge >= 0.3 is 12.3 Å². The van der Waals surface area contributed by atoms with Crippen molar-refractivity contribution in [2.45, 2.75) is 50.4 Å². The Kier molecular flexibility index (Phi) is 11.6. The maximum Gasteiger partial charge on any atom is 0.573 e. The summed E-state index contributed by atoms with van der Waals surface area (Å²) in [4.78, 5) is 15.3. The Hall–Kier alpha value is -4.88. The average Bonchev–Trinajstić information content (AvgIpc) is 3.37. The zero-order chi connectivity index (χ0) is 34.0. The number of aryl methyl sites for hydroxylation is 1. The SMILES string of the molecule is Cc1ccc(S(=O)(=O)O)cc1.O=C(O)CCCCCOc1ccccc1Cn1c(-c2ccc(OC(F)(F)F)cc2)nc2ccccc21. The van der Waals surface area contributed by atoms with Crippen molar-refractivity contribution in [1.29, 1.82) is 0 Å². The third-order valence-corrected chi connectivity index (χ3v) is 7.78. The van der Waals surface area contributed by atoms with E-state index < -0.39 is 22.4 Å². The Morgan fingerprint density at radius 1 is 0.872 bits per heavy atom. The summed E-state index contributed by atoms with van der Waals surface area (Å²) in [5.41, 5.74) is 4.17. The van der Waals surface area contributed by atoms with E-state index in [2.05, 4.69) is 4.74 Å². The van der Waals surface area contributed by atoms with Crippen molar-refractivity contribution in [2.24, 2.45) is 0 Å². The van der Waals surface area contributed by atoms with Crippen LogP contribution in [0, 0.1) is 6.92 Å². The molecule has 5 rings (SSSR count). The van der Waals surface area contributed by atoms with Gasteiger partial charge in [-0.25, -0.2) is 4.98 Å². The van der Waals surface area contributed by atoms with Crippen molar-refractivity contribution in [3.8, 4) is 22.9 Å². The summed E-state index contributed by atoms with van der Waals surface area (Å²) >= 11 is 0. The maximum atomic E-state index is 12.6. The number of fused-ring (bicyclic) bond motifs is 1. The van der Waals surface area contributed by atoms with E-state index in [4.69, 9.17) is 19.4 Å². The quantitative estimate of drug-likeness (QED) is 0.101. The summed E-state index contributed by atoms with van der Waals surface area (Å²) in [5.74, 6) is 0.231. The third kappa shape index (κ3) is 10.6. The molecule has 2 N–H and O–H groups in total. The van der Waals surface area contributed by atoms with Gasteiger partial charge in [-0.3, -0.25) is 9.35 Å². The van der Waals surface area contributed by atoms with Crippen molar-refractivity contribution in [3.63, 3.8) is 0 Å². The van der Waals surface area contributed by atoms with Gasteiger partial charge in [0.25, 0.3) is 10.1 Å². The molecule has 9 nitrogen and oxygen atoms in total. The number of alkyl halides is 3. The van der Waals surface area contributed by atoms with Crippen LogP contribution >= 0.6 is 0 Å². The summed E-state index contributed by atoms with van der Waals surface area (Å²) in [6.07, 6.45) is -2.49. The van der Waals surface area contributed by atoms with Gasteiger partial charge in [-0.05, 0) is 80.8 Å². The number of carboxylic acids is 1. The molecule has 0 fully saturated rings. The van der Waals surface area contributed by atoms with Crippen LogP contribution in [0.4, 0.5) is 13.2 Å². The van der Waals surface area contributed by atoms with Gasteiger partial charge in [0, 0.05) is 17.5 Å². The monoisotopic (exact) mass is 670 g/mol. The molecule has 0 atom stereocenters. The molecular formula is C34H33F3N2O7S. The molecule has 5 aromatic rings. The fraction of sp³-hybridized carbons (Fsp3) is 0.235. The molecule has 13 heteroatoms. The topological polar surface area (TPSA) is 128 Å². The van der Waals surface area contributed by atoms with Crippen LogP contribution in [-0.2, 0) is 21.5 Å². The summed E-state index contributed by atoms with van der Waals surface area (Å²) < 4.78 is 79.2. The van der Waals surface area contributed by atoms with Gasteiger partial charge in [0.05, 0.1) is 29.1 Å². The number of carboxylic acid groups (broad SMARTS) is 1. The van der Waals surface area contributed by atoms with Crippen LogP contribution in [-0.4, -0.2) is 46.6 Å². The first kappa shape index (κ1) is 35.0. The number of imidazole rings is 1. The van der Waals surface area contributed by atoms with Crippen LogP contribution in [0.1, 0.15) is 36.8 Å². The number of rotatable bonds is 12. The number of hydrogen-bond donors (Lipinski definition) is 2. The largest absolute Gasteiger partial charge is 0.573 e. The predicted octanol–water partition coefficient (Wildman–Crippen LogP) is 7.92. The molecule has 248 valence electrons. The normalized spacial score (nSPS) is 11.5. The molecule has 0 aliphatic carbocycles. The molecule has 0 unspecified atom stereocenters. The molecule has 0 radical (unpaired) electrons. The Labute approximate surface area is 270 Å². The molecule has 1 aromatic heterocycles. The number of carbonyl (C=O) groups is 1. The second-order valence-corrected chi connectivity index (χ2v) is 12.0. The Bertz CT molecular complexity index is 1890. The van der Waals surface area contributed by atoms with E-state index in [-0.39, 0.29) is 17.1 Å². The number of aromatic nitrogens is 2. The zero-order valence-corrected chi connectivity index (χ0v) is 26.2. The van der Waals surface area contributed by atoms with Gasteiger partial charge in [0.2, 0.25) is 0 Å². The first-order chi connectivity index (χ1) is 22.3. The third-order valence-electron chi connectivity index (χ3n) is 6.91. The molecule has 4 aromatic carbocycles. The summed E-state index contributed by atoms with van der Waals surface area (Å²) in [6, 6.07) is 26.9. The molecule has 0 spiro atoms. The van der Waals surface area contributed by atoms with Gasteiger partial charge in [0.1, 0.15) is 17.3 Å². The van der Waals surface area contributed by atoms with Crippen molar-refractivity contribution >= 4 is 27.1 Å². The second-order valence-electron chi connectivity index (χ2n) is 10.5. The Morgan fingerprint density at radius 3 is 2.19 bits per heavy atom. The van der Waals surface area contributed by atoms with Gasteiger partial charge in [-0.15, -0.1) is 13.2 Å². The van der Waals surface area contributed by atoms with Crippen molar-refractivity contribution in [1.82, 2.24) is 9.55 Å². The summed E-state index contributed by atoms with van der Waals surface area (Å²) in [6.45, 7) is 2.74. The van der Waals surface area contributed by atoms with E-state index >= 15 is 0 Å². The van der Waals surface area contributed by atoms with Gasteiger partial charge in [-0.1, -0.05) is 48.0 Å². The smallest absolute Gasteiger partial charge is 0.493 e. The Morgan fingerprint density at radius 2 is 1.53 bits per heavy atom. The lowest BCUT2D eigenvalue weighted by Crippen LogP contribution is -2.17. The summed E-state index contributed by atoms with van der Waals surface area (Å²) in [5, 5.41) is 8.76. The number of benzene rings is 4. The number of ether oxygens (including phenoxy) is 2. The highest BCUT2D eigenvalue weighted by molar-refractivity contribution is 7.85. The van der Waals surface area contributed by atoms with Crippen molar-refractivity contribution in [2.75, 3.05) is 6.61 Å². The predicted molar refractivity (Wildman–Crippen MR) is 170 cm³/mol. The molecular weight excluding hydrogens is 637 g/mol. The lowest BCUT2D eigenvalue weighted by Gasteiger charge is -2.15. The Balaban J connectivity index is 0.000000385. The molecule has 0 bridgehead atoms.